The Morgan fingerprint density at radius 1 is 1.32 bits per heavy atom. The first kappa shape index (κ1) is 13.5. The number of nitrogens with two attached hydrogens (primary N) is 1. The van der Waals surface area contributed by atoms with Gasteiger partial charge in [-0.2, -0.15) is 0 Å². The second-order valence-electron chi connectivity index (χ2n) is 4.98. The molecule has 104 valence electrons. The smallest absolute Gasteiger partial charge is 0.276 e. The summed E-state index contributed by atoms with van der Waals surface area (Å²) in [5.41, 5.74) is 5.62. The molecule has 1 saturated heterocycles. The van der Waals surface area contributed by atoms with Crippen LogP contribution in [0.3, 0.4) is 0 Å². The first-order valence-corrected chi connectivity index (χ1v) is 6.38. The van der Waals surface area contributed by atoms with Crippen molar-refractivity contribution in [2.45, 2.75) is 19.9 Å². The van der Waals surface area contributed by atoms with Crippen molar-refractivity contribution in [3.63, 3.8) is 0 Å². The molecule has 7 heteroatoms. The lowest BCUT2D eigenvalue weighted by Gasteiger charge is -2.37. The topological polar surface area (TPSA) is 88.5 Å². The highest BCUT2D eigenvalue weighted by Gasteiger charge is 2.21. The highest BCUT2D eigenvalue weighted by Crippen LogP contribution is 2.23. The van der Waals surface area contributed by atoms with Crippen LogP contribution in [0, 0.1) is 10.1 Å². The van der Waals surface area contributed by atoms with Crippen molar-refractivity contribution in [1.82, 2.24) is 9.88 Å². The van der Waals surface area contributed by atoms with E-state index in [1.165, 1.54) is 12.1 Å². The largest absolute Gasteiger partial charge is 0.383 e. The molecular weight excluding hydrogens is 246 g/mol. The monoisotopic (exact) mass is 265 g/mol. The van der Waals surface area contributed by atoms with Crippen LogP contribution in [0.2, 0.25) is 0 Å². The molecular formula is C12H19N5O2. The highest BCUT2D eigenvalue weighted by molar-refractivity contribution is 5.54. The number of nitrogen functional groups attached to an aromatic ring is 1. The molecule has 0 bridgehead atoms. The van der Waals surface area contributed by atoms with E-state index in [4.69, 9.17) is 5.73 Å². The van der Waals surface area contributed by atoms with E-state index in [2.05, 4.69) is 23.7 Å². The Labute approximate surface area is 112 Å². The Morgan fingerprint density at radius 3 is 2.47 bits per heavy atom. The molecule has 2 N–H and O–H groups in total. The number of hydrogen-bond donors (Lipinski definition) is 1. The molecule has 0 radical (unpaired) electrons. The fourth-order valence-corrected chi connectivity index (χ4v) is 2.26. The second kappa shape index (κ2) is 5.40. The number of piperazine rings is 1. The molecule has 0 aromatic carbocycles. The predicted molar refractivity (Wildman–Crippen MR) is 74.2 cm³/mol. The molecule has 19 heavy (non-hydrogen) atoms. The minimum absolute atomic E-state index is 0.00575. The minimum Gasteiger partial charge on any atom is -0.383 e. The maximum Gasteiger partial charge on any atom is 0.276 e. The Bertz CT molecular complexity index is 469. The average Bonchev–Trinajstić information content (AvgIpc) is 2.38. The van der Waals surface area contributed by atoms with Gasteiger partial charge in [0.05, 0.1) is 17.1 Å². The van der Waals surface area contributed by atoms with Gasteiger partial charge in [0.1, 0.15) is 11.6 Å². The van der Waals surface area contributed by atoms with Crippen LogP contribution in [-0.4, -0.2) is 47.0 Å². The maximum atomic E-state index is 10.8. The maximum absolute atomic E-state index is 10.8. The molecule has 1 fully saturated rings. The van der Waals surface area contributed by atoms with Gasteiger partial charge in [-0.3, -0.25) is 15.0 Å². The lowest BCUT2D eigenvalue weighted by molar-refractivity contribution is -0.384. The van der Waals surface area contributed by atoms with Crippen molar-refractivity contribution in [2.75, 3.05) is 36.8 Å². The normalized spacial score (nSPS) is 16.9. The molecule has 1 aromatic heterocycles. The number of nitrogens with zero attached hydrogens (tertiary/aromatic N) is 4. The summed E-state index contributed by atoms with van der Waals surface area (Å²) in [5, 5.41) is 10.8. The van der Waals surface area contributed by atoms with Gasteiger partial charge in [0.2, 0.25) is 0 Å². The average molecular weight is 265 g/mol. The van der Waals surface area contributed by atoms with E-state index in [1.54, 1.807) is 0 Å². The van der Waals surface area contributed by atoms with Crippen LogP contribution in [0.25, 0.3) is 0 Å². The summed E-state index contributed by atoms with van der Waals surface area (Å²) >= 11 is 0. The zero-order valence-corrected chi connectivity index (χ0v) is 11.2. The molecule has 0 unspecified atom stereocenters. The molecule has 2 rings (SSSR count). The number of pyridine rings is 1. The van der Waals surface area contributed by atoms with Crippen LogP contribution >= 0.6 is 0 Å². The molecule has 0 spiro atoms. The fraction of sp³-hybridized carbons (Fsp3) is 0.583. The van der Waals surface area contributed by atoms with Crippen molar-refractivity contribution in [2.24, 2.45) is 0 Å². The number of rotatable bonds is 3. The lowest BCUT2D eigenvalue weighted by Crippen LogP contribution is -2.49. The molecule has 2 heterocycles. The van der Waals surface area contributed by atoms with E-state index >= 15 is 0 Å². The SMILES string of the molecule is CC(C)N1CCN(c2cc([N+](=O)[O-])cc(N)n2)CC1. The van der Waals surface area contributed by atoms with Crippen molar-refractivity contribution in [3.8, 4) is 0 Å². The molecule has 0 atom stereocenters. The Hall–Kier alpha value is -1.89. The van der Waals surface area contributed by atoms with Crippen LogP contribution in [0.5, 0.6) is 0 Å². The Balaban J connectivity index is 2.13. The van der Waals surface area contributed by atoms with Crippen LogP contribution in [0.4, 0.5) is 17.3 Å². The van der Waals surface area contributed by atoms with Crippen molar-refractivity contribution in [1.29, 1.82) is 0 Å². The molecule has 1 aliphatic heterocycles. The summed E-state index contributed by atoms with van der Waals surface area (Å²) in [6.45, 7) is 7.82. The van der Waals surface area contributed by atoms with Crippen molar-refractivity contribution >= 4 is 17.3 Å². The van der Waals surface area contributed by atoms with Crippen LogP contribution in [0.15, 0.2) is 12.1 Å². The predicted octanol–water partition coefficient (Wildman–Crippen LogP) is 1.10. The van der Waals surface area contributed by atoms with Crippen LogP contribution in [-0.2, 0) is 0 Å². The van der Waals surface area contributed by atoms with E-state index < -0.39 is 4.92 Å². The van der Waals surface area contributed by atoms with Crippen molar-refractivity contribution in [3.05, 3.63) is 22.2 Å². The van der Waals surface area contributed by atoms with Crippen LogP contribution in [0.1, 0.15) is 13.8 Å². The van der Waals surface area contributed by atoms with Gasteiger partial charge in [-0.15, -0.1) is 0 Å². The quantitative estimate of drug-likeness (QED) is 0.650. The van der Waals surface area contributed by atoms with E-state index in [0.29, 0.717) is 11.9 Å². The summed E-state index contributed by atoms with van der Waals surface area (Å²) in [6, 6.07) is 3.29. The van der Waals surface area contributed by atoms with E-state index in [9.17, 15) is 10.1 Å². The van der Waals surface area contributed by atoms with Gasteiger partial charge in [0, 0.05) is 32.2 Å². The molecule has 0 aliphatic carbocycles. The Kier molecular flexibility index (Phi) is 3.84. The third kappa shape index (κ3) is 3.11. The summed E-state index contributed by atoms with van der Waals surface area (Å²) < 4.78 is 0. The fourth-order valence-electron chi connectivity index (χ4n) is 2.26. The number of anilines is 2. The van der Waals surface area contributed by atoms with Gasteiger partial charge >= 0.3 is 0 Å². The molecule has 0 amide bonds. The standard InChI is InChI=1S/C12H19N5O2/c1-9(2)15-3-5-16(6-4-15)12-8-10(17(18)19)7-11(13)14-12/h7-9H,3-6H2,1-2H3,(H2,13,14). The third-order valence-corrected chi connectivity index (χ3v) is 3.40. The number of aromatic nitrogens is 1. The number of hydrogen-bond acceptors (Lipinski definition) is 6. The number of nitro groups is 1. The Morgan fingerprint density at radius 2 is 1.95 bits per heavy atom. The zero-order valence-electron chi connectivity index (χ0n) is 11.2. The zero-order chi connectivity index (χ0) is 14.0. The minimum atomic E-state index is -0.439. The lowest BCUT2D eigenvalue weighted by atomic mass is 10.2. The van der Waals surface area contributed by atoms with E-state index in [-0.39, 0.29) is 11.5 Å². The first-order chi connectivity index (χ1) is 8.97. The van der Waals surface area contributed by atoms with Crippen molar-refractivity contribution < 1.29 is 4.92 Å². The van der Waals surface area contributed by atoms with E-state index in [0.717, 1.165) is 26.2 Å². The molecule has 1 aliphatic rings. The van der Waals surface area contributed by atoms with Gasteiger partial charge in [0.25, 0.3) is 5.69 Å². The third-order valence-electron chi connectivity index (χ3n) is 3.40. The van der Waals surface area contributed by atoms with E-state index in [1.807, 2.05) is 4.90 Å². The second-order valence-corrected chi connectivity index (χ2v) is 4.98. The van der Waals surface area contributed by atoms with Gasteiger partial charge in [0.15, 0.2) is 0 Å². The van der Waals surface area contributed by atoms with Gasteiger partial charge in [-0.05, 0) is 13.8 Å². The molecule has 7 nitrogen and oxygen atoms in total. The molecule has 0 saturated carbocycles. The first-order valence-electron chi connectivity index (χ1n) is 6.38. The summed E-state index contributed by atoms with van der Waals surface area (Å²) in [6.07, 6.45) is 0. The summed E-state index contributed by atoms with van der Waals surface area (Å²) in [4.78, 5) is 19.0. The summed E-state index contributed by atoms with van der Waals surface area (Å²) in [5.74, 6) is 0.783. The van der Waals surface area contributed by atoms with Gasteiger partial charge < -0.3 is 10.6 Å². The summed E-state index contributed by atoms with van der Waals surface area (Å²) in [7, 11) is 0. The highest BCUT2D eigenvalue weighted by atomic mass is 16.6. The van der Waals surface area contributed by atoms with Crippen LogP contribution < -0.4 is 10.6 Å². The van der Waals surface area contributed by atoms with Gasteiger partial charge in [-0.1, -0.05) is 0 Å². The molecule has 1 aromatic rings. The van der Waals surface area contributed by atoms with Gasteiger partial charge in [-0.25, -0.2) is 4.98 Å².